The summed E-state index contributed by atoms with van der Waals surface area (Å²) < 4.78 is 6.19. The summed E-state index contributed by atoms with van der Waals surface area (Å²) in [5.74, 6) is -0.469. The largest absolute Gasteiger partial charge is 0.466 e. The van der Waals surface area contributed by atoms with E-state index < -0.39 is 10.9 Å². The van der Waals surface area contributed by atoms with Crippen molar-refractivity contribution in [1.82, 2.24) is 9.55 Å². The van der Waals surface area contributed by atoms with Gasteiger partial charge in [0.15, 0.2) is 0 Å². The number of ether oxygens (including phenoxy) is 1. The Balaban J connectivity index is 2.15. The molecule has 0 atom stereocenters. The second-order valence-electron chi connectivity index (χ2n) is 4.21. The standard InChI is InChI=1S/C14H13N3O4/c1-21-14(18)7-6-12-9-16(10-15-12)8-11-4-2-3-5-13(11)17(19)20/h2-7,9-10H,8H2,1H3/b7-6+. The van der Waals surface area contributed by atoms with Crippen molar-refractivity contribution < 1.29 is 14.5 Å². The van der Waals surface area contributed by atoms with Crippen molar-refractivity contribution in [1.29, 1.82) is 0 Å². The van der Waals surface area contributed by atoms with E-state index in [2.05, 4.69) is 9.72 Å². The third-order valence-corrected chi connectivity index (χ3v) is 2.79. The highest BCUT2D eigenvalue weighted by atomic mass is 16.6. The van der Waals surface area contributed by atoms with E-state index in [1.165, 1.54) is 25.3 Å². The molecule has 1 heterocycles. The molecule has 0 bridgehead atoms. The normalized spacial score (nSPS) is 10.7. The molecule has 0 aliphatic heterocycles. The van der Waals surface area contributed by atoms with E-state index in [1.807, 2.05) is 0 Å². The predicted octanol–water partition coefficient (Wildman–Crippen LogP) is 2.03. The molecule has 2 aromatic rings. The van der Waals surface area contributed by atoms with Crippen molar-refractivity contribution in [3.05, 3.63) is 64.2 Å². The molecule has 1 aromatic heterocycles. The van der Waals surface area contributed by atoms with Crippen molar-refractivity contribution in [2.24, 2.45) is 0 Å². The third-order valence-electron chi connectivity index (χ3n) is 2.79. The topological polar surface area (TPSA) is 87.3 Å². The van der Waals surface area contributed by atoms with Crippen LogP contribution in [0.5, 0.6) is 0 Å². The number of benzene rings is 1. The minimum atomic E-state index is -0.469. The quantitative estimate of drug-likeness (QED) is 0.363. The van der Waals surface area contributed by atoms with Gasteiger partial charge in [-0.3, -0.25) is 10.1 Å². The summed E-state index contributed by atoms with van der Waals surface area (Å²) in [7, 11) is 1.29. The molecule has 0 radical (unpaired) electrons. The zero-order valence-corrected chi connectivity index (χ0v) is 11.3. The van der Waals surface area contributed by atoms with Crippen LogP contribution in [0.3, 0.4) is 0 Å². The van der Waals surface area contributed by atoms with Crippen molar-refractivity contribution in [3.8, 4) is 0 Å². The molecule has 0 N–H and O–H groups in total. The van der Waals surface area contributed by atoms with E-state index in [1.54, 1.807) is 35.3 Å². The predicted molar refractivity (Wildman–Crippen MR) is 75.5 cm³/mol. The number of esters is 1. The van der Waals surface area contributed by atoms with Gasteiger partial charge in [0.1, 0.15) is 0 Å². The summed E-state index contributed by atoms with van der Waals surface area (Å²) >= 11 is 0. The molecule has 21 heavy (non-hydrogen) atoms. The maximum absolute atomic E-state index is 11.0. The van der Waals surface area contributed by atoms with Gasteiger partial charge in [-0.05, 0) is 6.08 Å². The monoisotopic (exact) mass is 287 g/mol. The zero-order valence-electron chi connectivity index (χ0n) is 11.3. The van der Waals surface area contributed by atoms with Crippen molar-refractivity contribution in [2.75, 3.05) is 7.11 Å². The van der Waals surface area contributed by atoms with Gasteiger partial charge in [-0.15, -0.1) is 0 Å². The number of hydrogen-bond acceptors (Lipinski definition) is 5. The fourth-order valence-electron chi connectivity index (χ4n) is 1.79. The van der Waals surface area contributed by atoms with Crippen LogP contribution in [0.1, 0.15) is 11.3 Å². The van der Waals surface area contributed by atoms with Crippen LogP contribution in [0.2, 0.25) is 0 Å². The number of para-hydroxylation sites is 1. The molecule has 0 amide bonds. The van der Waals surface area contributed by atoms with Gasteiger partial charge in [0, 0.05) is 23.9 Å². The highest BCUT2D eigenvalue weighted by Gasteiger charge is 2.12. The van der Waals surface area contributed by atoms with E-state index in [9.17, 15) is 14.9 Å². The fourth-order valence-corrected chi connectivity index (χ4v) is 1.79. The molecule has 108 valence electrons. The number of nitro groups is 1. The third kappa shape index (κ3) is 3.75. The van der Waals surface area contributed by atoms with Gasteiger partial charge >= 0.3 is 5.97 Å². The van der Waals surface area contributed by atoms with Gasteiger partial charge in [-0.1, -0.05) is 18.2 Å². The van der Waals surface area contributed by atoms with Crippen LogP contribution < -0.4 is 0 Å². The van der Waals surface area contributed by atoms with Gasteiger partial charge in [0.05, 0.1) is 30.6 Å². The van der Waals surface area contributed by atoms with Gasteiger partial charge in [0.25, 0.3) is 5.69 Å². The van der Waals surface area contributed by atoms with Crippen LogP contribution in [0.25, 0.3) is 6.08 Å². The number of nitro benzene ring substituents is 1. The molecule has 0 spiro atoms. The van der Waals surface area contributed by atoms with E-state index in [-0.39, 0.29) is 5.69 Å². The number of carbonyl (C=O) groups is 1. The highest BCUT2D eigenvalue weighted by Crippen LogP contribution is 2.18. The lowest BCUT2D eigenvalue weighted by Gasteiger charge is -2.03. The number of nitrogens with zero attached hydrogens (tertiary/aromatic N) is 3. The SMILES string of the molecule is COC(=O)/C=C/c1cn(Cc2ccccc2[N+](=O)[O-])cn1. The Morgan fingerprint density at radius 3 is 2.95 bits per heavy atom. The Morgan fingerprint density at radius 2 is 2.24 bits per heavy atom. The summed E-state index contributed by atoms with van der Waals surface area (Å²) in [6, 6.07) is 6.53. The average molecular weight is 287 g/mol. The molecule has 0 fully saturated rings. The molecule has 1 aromatic carbocycles. The summed E-state index contributed by atoms with van der Waals surface area (Å²) in [5.41, 5.74) is 1.22. The van der Waals surface area contributed by atoms with Crippen LogP contribution in [0, 0.1) is 10.1 Å². The first-order valence-corrected chi connectivity index (χ1v) is 6.10. The Hall–Kier alpha value is -2.96. The lowest BCUT2D eigenvalue weighted by Crippen LogP contribution is -2.01. The number of carbonyl (C=O) groups excluding carboxylic acids is 1. The van der Waals surface area contributed by atoms with E-state index in [4.69, 9.17) is 0 Å². The molecule has 2 rings (SSSR count). The summed E-state index contributed by atoms with van der Waals surface area (Å²) in [4.78, 5) is 25.6. The Bertz CT molecular complexity index is 691. The second kappa shape index (κ2) is 6.47. The van der Waals surface area contributed by atoms with Crippen LogP contribution >= 0.6 is 0 Å². The number of imidazole rings is 1. The minimum Gasteiger partial charge on any atom is -0.466 e. The first-order chi connectivity index (χ1) is 10.1. The Labute approximate surface area is 120 Å². The minimum absolute atomic E-state index is 0.0675. The van der Waals surface area contributed by atoms with Crippen LogP contribution in [-0.2, 0) is 16.1 Å². The van der Waals surface area contributed by atoms with Crippen molar-refractivity contribution in [3.63, 3.8) is 0 Å². The smallest absolute Gasteiger partial charge is 0.330 e. The molecule has 7 heteroatoms. The van der Waals surface area contributed by atoms with E-state index in [0.29, 0.717) is 17.8 Å². The molecular weight excluding hydrogens is 274 g/mol. The van der Waals surface area contributed by atoms with Gasteiger partial charge in [-0.2, -0.15) is 0 Å². The lowest BCUT2D eigenvalue weighted by molar-refractivity contribution is -0.385. The van der Waals surface area contributed by atoms with Crippen LogP contribution in [-0.4, -0.2) is 27.6 Å². The number of hydrogen-bond donors (Lipinski definition) is 0. The molecule has 0 aliphatic rings. The first kappa shape index (κ1) is 14.4. The molecular formula is C14H13N3O4. The van der Waals surface area contributed by atoms with Crippen molar-refractivity contribution in [2.45, 2.75) is 6.54 Å². The summed E-state index contributed by atoms with van der Waals surface area (Å²) in [5, 5.41) is 10.9. The summed E-state index contributed by atoms with van der Waals surface area (Å²) in [6.07, 6.45) is 6.02. The number of aromatic nitrogens is 2. The maximum atomic E-state index is 11.0. The molecule has 0 aliphatic carbocycles. The zero-order chi connectivity index (χ0) is 15.2. The first-order valence-electron chi connectivity index (χ1n) is 6.10. The van der Waals surface area contributed by atoms with E-state index in [0.717, 1.165) is 0 Å². The maximum Gasteiger partial charge on any atom is 0.330 e. The summed E-state index contributed by atoms with van der Waals surface area (Å²) in [6.45, 7) is 0.330. The van der Waals surface area contributed by atoms with Crippen LogP contribution in [0.4, 0.5) is 5.69 Å². The number of rotatable bonds is 5. The molecule has 0 saturated heterocycles. The second-order valence-corrected chi connectivity index (χ2v) is 4.21. The highest BCUT2D eigenvalue weighted by molar-refractivity contribution is 5.86. The molecule has 7 nitrogen and oxygen atoms in total. The van der Waals surface area contributed by atoms with Gasteiger partial charge in [-0.25, -0.2) is 9.78 Å². The van der Waals surface area contributed by atoms with Gasteiger partial charge in [0.2, 0.25) is 0 Å². The van der Waals surface area contributed by atoms with Crippen molar-refractivity contribution >= 4 is 17.7 Å². The van der Waals surface area contributed by atoms with Gasteiger partial charge < -0.3 is 9.30 Å². The molecule has 0 unspecified atom stereocenters. The fraction of sp³-hybridized carbons (Fsp3) is 0.143. The Morgan fingerprint density at radius 1 is 1.48 bits per heavy atom. The van der Waals surface area contributed by atoms with Crippen LogP contribution in [0.15, 0.2) is 42.9 Å². The lowest BCUT2D eigenvalue weighted by atomic mass is 10.2. The Kier molecular flexibility index (Phi) is 4.45. The molecule has 0 saturated carbocycles. The average Bonchev–Trinajstić information content (AvgIpc) is 2.92. The van der Waals surface area contributed by atoms with E-state index >= 15 is 0 Å². The number of methoxy groups -OCH3 is 1.